The fourth-order valence-corrected chi connectivity index (χ4v) is 2.43. The van der Waals surface area contributed by atoms with Crippen molar-refractivity contribution in [2.45, 2.75) is 26.0 Å². The van der Waals surface area contributed by atoms with Crippen molar-refractivity contribution >= 4 is 22.6 Å². The molecule has 0 aliphatic rings. The molecule has 1 atom stereocenters. The zero-order valence-corrected chi connectivity index (χ0v) is 11.4. The van der Waals surface area contributed by atoms with Crippen LogP contribution in [0.3, 0.4) is 0 Å². The van der Waals surface area contributed by atoms with Gasteiger partial charge in [-0.15, -0.1) is 0 Å². The Bertz CT molecular complexity index is 534. The molecule has 1 unspecified atom stereocenters. The number of halogens is 1. The average Bonchev–Trinajstić information content (AvgIpc) is 2.72. The van der Waals surface area contributed by atoms with Crippen molar-refractivity contribution in [3.05, 3.63) is 29.0 Å². The van der Waals surface area contributed by atoms with Gasteiger partial charge in [-0.25, -0.2) is 4.98 Å². The molecule has 2 aromatic rings. The van der Waals surface area contributed by atoms with E-state index in [1.807, 2.05) is 18.2 Å². The van der Waals surface area contributed by atoms with Crippen LogP contribution in [-0.2, 0) is 11.3 Å². The van der Waals surface area contributed by atoms with Gasteiger partial charge in [-0.05, 0) is 18.6 Å². The molecule has 4 nitrogen and oxygen atoms in total. The van der Waals surface area contributed by atoms with Crippen LogP contribution >= 0.6 is 11.6 Å². The van der Waals surface area contributed by atoms with E-state index in [1.165, 1.54) is 0 Å². The minimum absolute atomic E-state index is 0.194. The molecule has 0 spiro atoms. The van der Waals surface area contributed by atoms with Gasteiger partial charge < -0.3 is 15.0 Å². The summed E-state index contributed by atoms with van der Waals surface area (Å²) in [5.41, 5.74) is 7.58. The Hall–Kier alpha value is -1.10. The number of hydrogen-bond acceptors (Lipinski definition) is 3. The summed E-state index contributed by atoms with van der Waals surface area (Å²) in [7, 11) is 1.65. The molecule has 0 fully saturated rings. The smallest absolute Gasteiger partial charge is 0.140 e. The van der Waals surface area contributed by atoms with E-state index in [1.54, 1.807) is 7.11 Å². The first-order valence-corrected chi connectivity index (χ1v) is 6.48. The Morgan fingerprint density at radius 1 is 1.50 bits per heavy atom. The van der Waals surface area contributed by atoms with Crippen LogP contribution in [0.2, 0.25) is 5.02 Å². The highest BCUT2D eigenvalue weighted by atomic mass is 35.5. The highest BCUT2D eigenvalue weighted by Gasteiger charge is 2.19. The Labute approximate surface area is 112 Å². The van der Waals surface area contributed by atoms with Gasteiger partial charge in [-0.1, -0.05) is 24.6 Å². The van der Waals surface area contributed by atoms with Crippen molar-refractivity contribution in [2.75, 3.05) is 13.7 Å². The van der Waals surface area contributed by atoms with Crippen LogP contribution in [-0.4, -0.2) is 23.2 Å². The molecule has 0 radical (unpaired) electrons. The van der Waals surface area contributed by atoms with Crippen molar-refractivity contribution in [2.24, 2.45) is 5.73 Å². The molecule has 0 bridgehead atoms. The lowest BCUT2D eigenvalue weighted by molar-refractivity contribution is 0.100. The van der Waals surface area contributed by atoms with E-state index in [0.717, 1.165) is 29.8 Å². The number of fused-ring (bicyclic) bond motifs is 1. The zero-order valence-electron chi connectivity index (χ0n) is 10.7. The number of benzene rings is 1. The van der Waals surface area contributed by atoms with Gasteiger partial charge in [0.25, 0.3) is 0 Å². The number of methoxy groups -OCH3 is 1. The first-order valence-electron chi connectivity index (χ1n) is 6.10. The maximum Gasteiger partial charge on any atom is 0.140 e. The van der Waals surface area contributed by atoms with E-state index >= 15 is 0 Å². The first kappa shape index (κ1) is 13.3. The fraction of sp³-hybridized carbons (Fsp3) is 0.462. The van der Waals surface area contributed by atoms with Crippen LogP contribution in [0.15, 0.2) is 18.2 Å². The molecule has 2 N–H and O–H groups in total. The number of aryl methyl sites for hydroxylation is 1. The van der Waals surface area contributed by atoms with Crippen LogP contribution in [0.25, 0.3) is 11.0 Å². The summed E-state index contributed by atoms with van der Waals surface area (Å²) < 4.78 is 7.50. The van der Waals surface area contributed by atoms with E-state index in [9.17, 15) is 0 Å². The number of aromatic nitrogens is 2. The number of nitrogens with zero attached hydrogens (tertiary/aromatic N) is 2. The molecule has 5 heteroatoms. The number of imidazole rings is 1. The Balaban J connectivity index is 2.65. The maximum atomic E-state index is 6.27. The first-order chi connectivity index (χ1) is 8.72. The third-order valence-electron chi connectivity index (χ3n) is 2.98. The minimum Gasteiger partial charge on any atom is -0.372 e. The Morgan fingerprint density at radius 3 is 2.89 bits per heavy atom. The normalized spacial score (nSPS) is 13.1. The molecular formula is C13H18ClN3O. The zero-order chi connectivity index (χ0) is 13.1. The molecule has 18 heavy (non-hydrogen) atoms. The second-order valence-electron chi connectivity index (χ2n) is 4.19. The summed E-state index contributed by atoms with van der Waals surface area (Å²) in [4.78, 5) is 4.61. The van der Waals surface area contributed by atoms with Crippen LogP contribution < -0.4 is 5.73 Å². The van der Waals surface area contributed by atoms with Gasteiger partial charge >= 0.3 is 0 Å². The number of rotatable bonds is 5. The number of nitrogens with two attached hydrogens (primary N) is 1. The van der Waals surface area contributed by atoms with Gasteiger partial charge in [0.15, 0.2) is 0 Å². The summed E-state index contributed by atoms with van der Waals surface area (Å²) in [6.07, 6.45) is 0.810. The topological polar surface area (TPSA) is 53.1 Å². The van der Waals surface area contributed by atoms with Crippen molar-refractivity contribution in [3.8, 4) is 0 Å². The molecule has 98 valence electrons. The van der Waals surface area contributed by atoms with E-state index < -0.39 is 0 Å². The molecule has 0 saturated heterocycles. The predicted octanol–water partition coefficient (Wildman–Crippen LogP) is 2.75. The van der Waals surface area contributed by atoms with Gasteiger partial charge in [0.1, 0.15) is 11.9 Å². The highest BCUT2D eigenvalue weighted by molar-refractivity contribution is 6.35. The Kier molecular flexibility index (Phi) is 4.22. The van der Waals surface area contributed by atoms with Gasteiger partial charge in [-0.2, -0.15) is 0 Å². The second kappa shape index (κ2) is 5.69. The molecule has 1 aromatic heterocycles. The SMILES string of the molecule is CCCn1c(C(CN)OC)nc2cccc(Cl)c21. The summed E-state index contributed by atoms with van der Waals surface area (Å²) in [6, 6.07) is 5.74. The van der Waals surface area contributed by atoms with Crippen molar-refractivity contribution < 1.29 is 4.74 Å². The summed E-state index contributed by atoms with van der Waals surface area (Å²) in [5, 5.41) is 0.714. The quantitative estimate of drug-likeness (QED) is 0.906. The van der Waals surface area contributed by atoms with Gasteiger partial charge in [0.2, 0.25) is 0 Å². The summed E-state index contributed by atoms with van der Waals surface area (Å²) in [5.74, 6) is 0.852. The van der Waals surface area contributed by atoms with Crippen LogP contribution in [0.4, 0.5) is 0 Å². The van der Waals surface area contributed by atoms with Crippen LogP contribution in [0.1, 0.15) is 25.3 Å². The van der Waals surface area contributed by atoms with E-state index in [-0.39, 0.29) is 6.10 Å². The van der Waals surface area contributed by atoms with E-state index in [4.69, 9.17) is 22.1 Å². The number of para-hydroxylation sites is 1. The molecule has 0 amide bonds. The summed E-state index contributed by atoms with van der Waals surface area (Å²) >= 11 is 6.27. The molecule has 0 aliphatic heterocycles. The monoisotopic (exact) mass is 267 g/mol. The number of hydrogen-bond donors (Lipinski definition) is 1. The van der Waals surface area contributed by atoms with Crippen LogP contribution in [0, 0.1) is 0 Å². The molecule has 1 aromatic carbocycles. The van der Waals surface area contributed by atoms with Crippen LogP contribution in [0.5, 0.6) is 0 Å². The average molecular weight is 268 g/mol. The van der Waals surface area contributed by atoms with Crippen molar-refractivity contribution in [3.63, 3.8) is 0 Å². The molecule has 2 rings (SSSR count). The molecule has 0 aliphatic carbocycles. The highest BCUT2D eigenvalue weighted by Crippen LogP contribution is 2.28. The lowest BCUT2D eigenvalue weighted by Crippen LogP contribution is -2.19. The predicted molar refractivity (Wildman–Crippen MR) is 73.8 cm³/mol. The van der Waals surface area contributed by atoms with Gasteiger partial charge in [0.05, 0.1) is 16.1 Å². The Morgan fingerprint density at radius 2 is 2.28 bits per heavy atom. The van der Waals surface area contributed by atoms with E-state index in [0.29, 0.717) is 11.6 Å². The third-order valence-corrected chi connectivity index (χ3v) is 3.29. The molecule has 0 saturated carbocycles. The third kappa shape index (κ3) is 2.23. The second-order valence-corrected chi connectivity index (χ2v) is 4.60. The van der Waals surface area contributed by atoms with Crippen molar-refractivity contribution in [1.82, 2.24) is 9.55 Å². The molecular weight excluding hydrogens is 250 g/mol. The number of ether oxygens (including phenoxy) is 1. The fourth-order valence-electron chi connectivity index (χ4n) is 2.16. The van der Waals surface area contributed by atoms with Gasteiger partial charge in [-0.3, -0.25) is 0 Å². The largest absolute Gasteiger partial charge is 0.372 e. The lowest BCUT2D eigenvalue weighted by Gasteiger charge is -2.15. The lowest BCUT2D eigenvalue weighted by atomic mass is 10.3. The van der Waals surface area contributed by atoms with Crippen molar-refractivity contribution in [1.29, 1.82) is 0 Å². The minimum atomic E-state index is -0.194. The standard InChI is InChI=1S/C13H18ClN3O/c1-3-7-17-12-9(14)5-4-6-10(12)16-13(17)11(8-15)18-2/h4-6,11H,3,7-8,15H2,1-2H3. The summed E-state index contributed by atoms with van der Waals surface area (Å²) in [6.45, 7) is 3.38. The molecule has 1 heterocycles. The van der Waals surface area contributed by atoms with Gasteiger partial charge in [0, 0.05) is 20.2 Å². The van der Waals surface area contributed by atoms with E-state index in [2.05, 4.69) is 16.5 Å². The maximum absolute atomic E-state index is 6.27.